The first-order valence-corrected chi connectivity index (χ1v) is 10.1. The number of aliphatic imine (C=N–C) groups is 1. The molecule has 0 spiro atoms. The van der Waals surface area contributed by atoms with E-state index in [1.54, 1.807) is 17.9 Å². The maximum Gasteiger partial charge on any atom is 0.283 e. The summed E-state index contributed by atoms with van der Waals surface area (Å²) in [6.45, 7) is 8.11. The summed E-state index contributed by atoms with van der Waals surface area (Å²) in [6, 6.07) is 18.1. The second kappa shape index (κ2) is 8.45. The van der Waals surface area contributed by atoms with Gasteiger partial charge in [0, 0.05) is 0 Å². The molecule has 1 aliphatic heterocycles. The standard InChI is InChI=1S/C23H23N3OS/c1-15(2)19-9-7-18(8-10-19)13-21-22(27)26(20-11-5-16(3)6-12-20)23(25-21)28-17(4)14-24/h5-13,15,17H,1-4H3/b21-13-. The molecule has 1 aliphatic rings. The van der Waals surface area contributed by atoms with E-state index in [4.69, 9.17) is 0 Å². The quantitative estimate of drug-likeness (QED) is 0.648. The summed E-state index contributed by atoms with van der Waals surface area (Å²) in [4.78, 5) is 19.2. The molecule has 0 fully saturated rings. The Balaban J connectivity index is 1.96. The van der Waals surface area contributed by atoms with Gasteiger partial charge in [-0.1, -0.05) is 67.6 Å². The molecule has 0 radical (unpaired) electrons. The van der Waals surface area contributed by atoms with Crippen LogP contribution in [0.2, 0.25) is 0 Å². The number of anilines is 1. The highest BCUT2D eigenvalue weighted by molar-refractivity contribution is 8.15. The fourth-order valence-electron chi connectivity index (χ4n) is 2.82. The van der Waals surface area contributed by atoms with Crippen molar-refractivity contribution in [1.29, 1.82) is 5.26 Å². The molecule has 4 nitrogen and oxygen atoms in total. The van der Waals surface area contributed by atoms with Crippen molar-refractivity contribution in [2.45, 2.75) is 38.9 Å². The lowest BCUT2D eigenvalue weighted by atomic mass is 10.0. The highest BCUT2D eigenvalue weighted by Crippen LogP contribution is 2.31. The Morgan fingerprint density at radius 3 is 2.29 bits per heavy atom. The van der Waals surface area contributed by atoms with Crippen LogP contribution in [0.1, 0.15) is 43.4 Å². The van der Waals surface area contributed by atoms with E-state index in [0.717, 1.165) is 16.8 Å². The summed E-state index contributed by atoms with van der Waals surface area (Å²) in [6.07, 6.45) is 1.80. The van der Waals surface area contributed by atoms with Gasteiger partial charge in [0.05, 0.1) is 17.0 Å². The number of carbonyl (C=O) groups is 1. The van der Waals surface area contributed by atoms with Gasteiger partial charge < -0.3 is 0 Å². The number of carbonyl (C=O) groups excluding carboxylic acids is 1. The first-order chi connectivity index (χ1) is 13.4. The van der Waals surface area contributed by atoms with E-state index >= 15 is 0 Å². The van der Waals surface area contributed by atoms with Crippen molar-refractivity contribution in [3.8, 4) is 6.07 Å². The zero-order valence-corrected chi connectivity index (χ0v) is 17.3. The zero-order valence-electron chi connectivity index (χ0n) is 16.5. The molecular formula is C23H23N3OS. The number of aryl methyl sites for hydroxylation is 1. The van der Waals surface area contributed by atoms with Gasteiger partial charge in [-0.3, -0.25) is 9.69 Å². The van der Waals surface area contributed by atoms with Gasteiger partial charge in [0.1, 0.15) is 5.70 Å². The average Bonchev–Trinajstić information content (AvgIpc) is 2.97. The Morgan fingerprint density at radius 2 is 1.71 bits per heavy atom. The summed E-state index contributed by atoms with van der Waals surface area (Å²) in [5.74, 6) is 0.282. The second-order valence-corrected chi connectivity index (χ2v) is 8.42. The first-order valence-electron chi connectivity index (χ1n) is 9.27. The minimum atomic E-state index is -0.302. The summed E-state index contributed by atoms with van der Waals surface area (Å²) >= 11 is 1.29. The van der Waals surface area contributed by atoms with E-state index in [2.05, 4.69) is 37.0 Å². The number of thioether (sulfide) groups is 1. The third-order valence-electron chi connectivity index (χ3n) is 4.49. The molecule has 2 aromatic carbocycles. The van der Waals surface area contributed by atoms with Crippen LogP contribution < -0.4 is 4.90 Å². The monoisotopic (exact) mass is 389 g/mol. The van der Waals surface area contributed by atoms with Crippen LogP contribution in [0.5, 0.6) is 0 Å². The zero-order chi connectivity index (χ0) is 20.3. The van der Waals surface area contributed by atoms with E-state index in [9.17, 15) is 10.1 Å². The van der Waals surface area contributed by atoms with Gasteiger partial charge in [-0.25, -0.2) is 4.99 Å². The molecule has 3 rings (SSSR count). The van der Waals surface area contributed by atoms with Gasteiger partial charge in [-0.2, -0.15) is 5.26 Å². The molecule has 0 saturated heterocycles. The maximum atomic E-state index is 13.1. The van der Waals surface area contributed by atoms with Gasteiger partial charge in [0.25, 0.3) is 5.91 Å². The van der Waals surface area contributed by atoms with Crippen LogP contribution in [0.4, 0.5) is 5.69 Å². The summed E-state index contributed by atoms with van der Waals surface area (Å²) in [7, 11) is 0. The van der Waals surface area contributed by atoms with Gasteiger partial charge in [0.15, 0.2) is 5.17 Å². The SMILES string of the molecule is Cc1ccc(N2C(=O)/C(=C/c3ccc(C(C)C)cc3)N=C2SC(C)C#N)cc1. The fourth-order valence-corrected chi connectivity index (χ4v) is 3.63. The molecule has 0 aliphatic carbocycles. The first kappa shape index (κ1) is 19.9. The van der Waals surface area contributed by atoms with Crippen LogP contribution in [-0.4, -0.2) is 16.3 Å². The number of rotatable bonds is 4. The summed E-state index contributed by atoms with van der Waals surface area (Å²) in [5.41, 5.74) is 4.44. The third-order valence-corrected chi connectivity index (χ3v) is 5.44. The average molecular weight is 390 g/mol. The van der Waals surface area contributed by atoms with Crippen molar-refractivity contribution in [3.05, 3.63) is 70.9 Å². The minimum absolute atomic E-state index is 0.176. The van der Waals surface area contributed by atoms with Gasteiger partial charge in [-0.15, -0.1) is 0 Å². The van der Waals surface area contributed by atoms with Crippen molar-refractivity contribution in [1.82, 2.24) is 0 Å². The van der Waals surface area contributed by atoms with Crippen molar-refractivity contribution in [2.75, 3.05) is 4.90 Å². The molecule has 2 aromatic rings. The lowest BCUT2D eigenvalue weighted by Crippen LogP contribution is -2.31. The van der Waals surface area contributed by atoms with E-state index < -0.39 is 0 Å². The van der Waals surface area contributed by atoms with Crippen molar-refractivity contribution in [3.63, 3.8) is 0 Å². The second-order valence-electron chi connectivity index (χ2n) is 7.11. The number of benzene rings is 2. The Hall–Kier alpha value is -2.84. The largest absolute Gasteiger partial charge is 0.283 e. The molecule has 0 bridgehead atoms. The number of hydrogen-bond donors (Lipinski definition) is 0. The number of nitriles is 1. The van der Waals surface area contributed by atoms with Crippen LogP contribution in [0.3, 0.4) is 0 Å². The lowest BCUT2D eigenvalue weighted by molar-refractivity contribution is -0.113. The Labute approximate surface area is 170 Å². The molecule has 142 valence electrons. The summed E-state index contributed by atoms with van der Waals surface area (Å²) < 4.78 is 0. The molecule has 28 heavy (non-hydrogen) atoms. The lowest BCUT2D eigenvalue weighted by Gasteiger charge is -2.18. The number of nitrogens with zero attached hydrogens (tertiary/aromatic N) is 3. The Kier molecular flexibility index (Phi) is 6.01. The fraction of sp³-hybridized carbons (Fsp3) is 0.261. The van der Waals surface area contributed by atoms with Gasteiger partial charge >= 0.3 is 0 Å². The van der Waals surface area contributed by atoms with Crippen LogP contribution in [0.25, 0.3) is 6.08 Å². The molecular weight excluding hydrogens is 366 g/mol. The number of amides is 1. The number of hydrogen-bond acceptors (Lipinski definition) is 4. The third kappa shape index (κ3) is 4.35. The van der Waals surface area contributed by atoms with E-state index in [1.165, 1.54) is 17.3 Å². The Morgan fingerprint density at radius 1 is 1.07 bits per heavy atom. The van der Waals surface area contributed by atoms with Crippen LogP contribution >= 0.6 is 11.8 Å². The van der Waals surface area contributed by atoms with E-state index in [1.807, 2.05) is 43.3 Å². The maximum absolute atomic E-state index is 13.1. The molecule has 1 amide bonds. The Bertz CT molecular complexity index is 966. The van der Waals surface area contributed by atoms with Gasteiger partial charge in [-0.05, 0) is 49.1 Å². The van der Waals surface area contributed by atoms with Gasteiger partial charge in [0.2, 0.25) is 0 Å². The molecule has 0 saturated carbocycles. The van der Waals surface area contributed by atoms with Crippen molar-refractivity contribution >= 4 is 34.6 Å². The molecule has 1 atom stereocenters. The number of amidine groups is 1. The smallest absolute Gasteiger partial charge is 0.266 e. The highest BCUT2D eigenvalue weighted by Gasteiger charge is 2.32. The van der Waals surface area contributed by atoms with E-state index in [-0.39, 0.29) is 11.2 Å². The minimum Gasteiger partial charge on any atom is -0.266 e. The normalized spacial score (nSPS) is 16.4. The molecule has 0 N–H and O–H groups in total. The van der Waals surface area contributed by atoms with E-state index in [0.29, 0.717) is 16.8 Å². The predicted molar refractivity (Wildman–Crippen MR) is 117 cm³/mol. The predicted octanol–water partition coefficient (Wildman–Crippen LogP) is 5.51. The van der Waals surface area contributed by atoms with Crippen LogP contribution in [-0.2, 0) is 4.79 Å². The van der Waals surface area contributed by atoms with Crippen molar-refractivity contribution in [2.24, 2.45) is 4.99 Å². The van der Waals surface area contributed by atoms with Crippen molar-refractivity contribution < 1.29 is 4.79 Å². The molecule has 1 unspecified atom stereocenters. The summed E-state index contributed by atoms with van der Waals surface area (Å²) in [5, 5.41) is 9.42. The molecule has 0 aromatic heterocycles. The highest BCUT2D eigenvalue weighted by atomic mass is 32.2. The molecule has 1 heterocycles. The topological polar surface area (TPSA) is 56.5 Å². The van der Waals surface area contributed by atoms with Crippen LogP contribution in [0, 0.1) is 18.3 Å². The molecule has 5 heteroatoms. The van der Waals surface area contributed by atoms with Crippen LogP contribution in [0.15, 0.2) is 59.2 Å².